The van der Waals surface area contributed by atoms with E-state index in [2.05, 4.69) is 22.8 Å². The van der Waals surface area contributed by atoms with E-state index in [1.165, 1.54) is 5.69 Å². The van der Waals surface area contributed by atoms with Gasteiger partial charge in [0.05, 0.1) is 0 Å². The number of para-hydroxylation sites is 1. The summed E-state index contributed by atoms with van der Waals surface area (Å²) in [5.74, 6) is 0.646. The number of nitrogens with one attached hydrogen (secondary N) is 2. The van der Waals surface area contributed by atoms with Gasteiger partial charge in [0.25, 0.3) is 5.91 Å². The Bertz CT molecular complexity index is 666. The Balaban J connectivity index is 1.43. The normalized spacial score (nSPS) is 20.4. The minimum Gasteiger partial charge on any atom is -0.385 e. The van der Waals surface area contributed by atoms with E-state index in [0.717, 1.165) is 32.2 Å². The van der Waals surface area contributed by atoms with Crippen LogP contribution in [0.1, 0.15) is 36.0 Å². The molecule has 3 rings (SSSR count). The lowest BCUT2D eigenvalue weighted by atomic mass is 9.86. The molecular formula is C20H23ClN2O. The van der Waals surface area contributed by atoms with Gasteiger partial charge in [0.1, 0.15) is 0 Å². The molecule has 2 aromatic rings. The number of carbonyl (C=O) groups is 1. The summed E-state index contributed by atoms with van der Waals surface area (Å²) in [5, 5.41) is 7.23. The van der Waals surface area contributed by atoms with E-state index >= 15 is 0 Å². The maximum atomic E-state index is 12.3. The molecular weight excluding hydrogens is 320 g/mol. The molecule has 1 saturated carbocycles. The predicted molar refractivity (Wildman–Crippen MR) is 99.6 cm³/mol. The Morgan fingerprint density at radius 2 is 1.75 bits per heavy atom. The third kappa shape index (κ3) is 4.75. The van der Waals surface area contributed by atoms with Crippen molar-refractivity contribution in [3.05, 3.63) is 65.2 Å². The molecule has 0 radical (unpaired) electrons. The zero-order chi connectivity index (χ0) is 16.8. The fraction of sp³-hybridized carbons (Fsp3) is 0.350. The molecule has 1 fully saturated rings. The third-order valence-electron chi connectivity index (χ3n) is 4.64. The molecule has 0 saturated heterocycles. The summed E-state index contributed by atoms with van der Waals surface area (Å²) in [5.41, 5.74) is 1.81. The lowest BCUT2D eigenvalue weighted by Crippen LogP contribution is -2.38. The molecule has 0 heterocycles. The van der Waals surface area contributed by atoms with E-state index in [9.17, 15) is 4.79 Å². The first kappa shape index (κ1) is 16.8. The first-order valence-electron chi connectivity index (χ1n) is 8.56. The molecule has 0 bridgehead atoms. The van der Waals surface area contributed by atoms with Gasteiger partial charge >= 0.3 is 0 Å². The second kappa shape index (κ2) is 8.20. The highest BCUT2D eigenvalue weighted by Gasteiger charge is 2.22. The van der Waals surface area contributed by atoms with Crippen LogP contribution in [0.3, 0.4) is 0 Å². The van der Waals surface area contributed by atoms with Crippen molar-refractivity contribution < 1.29 is 4.79 Å². The molecule has 1 amide bonds. The van der Waals surface area contributed by atoms with Crippen LogP contribution in [0.2, 0.25) is 5.02 Å². The van der Waals surface area contributed by atoms with Crippen LogP contribution in [0.4, 0.5) is 5.69 Å². The number of halogens is 1. The summed E-state index contributed by atoms with van der Waals surface area (Å²) in [7, 11) is 0. The van der Waals surface area contributed by atoms with Crippen LogP contribution in [0, 0.1) is 5.92 Å². The summed E-state index contributed by atoms with van der Waals surface area (Å²) in [4.78, 5) is 12.3. The summed E-state index contributed by atoms with van der Waals surface area (Å²) in [6.45, 7) is 0.999. The van der Waals surface area contributed by atoms with E-state index in [0.29, 0.717) is 16.5 Å². The number of carbonyl (C=O) groups excluding carboxylic acids is 1. The van der Waals surface area contributed by atoms with E-state index in [1.54, 1.807) is 18.2 Å². The minimum atomic E-state index is -0.0247. The highest BCUT2D eigenvalue weighted by Crippen LogP contribution is 2.25. The number of amides is 1. The molecule has 0 aliphatic heterocycles. The minimum absolute atomic E-state index is 0.0247. The van der Waals surface area contributed by atoms with Gasteiger partial charge in [0.2, 0.25) is 0 Å². The molecule has 24 heavy (non-hydrogen) atoms. The van der Waals surface area contributed by atoms with Gasteiger partial charge in [-0.2, -0.15) is 0 Å². The standard InChI is InChI=1S/C20H23ClN2O/c21-17-6-4-5-16(13-17)20(24)23-19-11-9-15(10-12-19)14-22-18-7-2-1-3-8-18/h1-8,13,15,19,22H,9-12,14H2,(H,23,24). The Kier molecular flexibility index (Phi) is 5.76. The van der Waals surface area contributed by atoms with Crippen molar-refractivity contribution in [2.75, 3.05) is 11.9 Å². The largest absolute Gasteiger partial charge is 0.385 e. The van der Waals surface area contributed by atoms with Crippen LogP contribution < -0.4 is 10.6 Å². The van der Waals surface area contributed by atoms with Gasteiger partial charge in [-0.25, -0.2) is 0 Å². The number of anilines is 1. The van der Waals surface area contributed by atoms with Crippen molar-refractivity contribution in [3.8, 4) is 0 Å². The number of benzene rings is 2. The number of hydrogen-bond acceptors (Lipinski definition) is 2. The Hall–Kier alpha value is -2.00. The van der Waals surface area contributed by atoms with E-state index in [-0.39, 0.29) is 11.9 Å². The average Bonchev–Trinajstić information content (AvgIpc) is 2.62. The Labute approximate surface area is 148 Å². The van der Waals surface area contributed by atoms with Crippen LogP contribution in [0.5, 0.6) is 0 Å². The summed E-state index contributed by atoms with van der Waals surface area (Å²) >= 11 is 5.95. The predicted octanol–water partition coefficient (Wildman–Crippen LogP) is 4.74. The zero-order valence-electron chi connectivity index (χ0n) is 13.7. The first-order valence-corrected chi connectivity index (χ1v) is 8.94. The SMILES string of the molecule is O=C(NC1CCC(CNc2ccccc2)CC1)c1cccc(Cl)c1. The molecule has 0 atom stereocenters. The molecule has 3 nitrogen and oxygen atoms in total. The Morgan fingerprint density at radius 1 is 1.00 bits per heavy atom. The molecule has 1 aliphatic carbocycles. The molecule has 0 aromatic heterocycles. The average molecular weight is 343 g/mol. The summed E-state index contributed by atoms with van der Waals surface area (Å²) < 4.78 is 0. The highest BCUT2D eigenvalue weighted by atomic mass is 35.5. The van der Waals surface area contributed by atoms with Gasteiger partial charge in [0.15, 0.2) is 0 Å². The van der Waals surface area contributed by atoms with Crippen LogP contribution in [-0.2, 0) is 0 Å². The molecule has 2 N–H and O–H groups in total. The smallest absolute Gasteiger partial charge is 0.251 e. The van der Waals surface area contributed by atoms with Gasteiger partial charge in [0, 0.05) is 28.9 Å². The molecule has 2 aromatic carbocycles. The summed E-state index contributed by atoms with van der Waals surface area (Å²) in [6.07, 6.45) is 4.35. The van der Waals surface area contributed by atoms with Gasteiger partial charge in [-0.15, -0.1) is 0 Å². The van der Waals surface area contributed by atoms with Crippen LogP contribution in [-0.4, -0.2) is 18.5 Å². The third-order valence-corrected chi connectivity index (χ3v) is 4.87. The van der Waals surface area contributed by atoms with E-state index in [1.807, 2.05) is 24.3 Å². The first-order chi connectivity index (χ1) is 11.7. The van der Waals surface area contributed by atoms with Crippen molar-refractivity contribution in [1.29, 1.82) is 0 Å². The second-order valence-corrected chi connectivity index (χ2v) is 6.88. The van der Waals surface area contributed by atoms with Gasteiger partial charge < -0.3 is 10.6 Å². The molecule has 126 valence electrons. The van der Waals surface area contributed by atoms with Crippen molar-refractivity contribution in [3.63, 3.8) is 0 Å². The van der Waals surface area contributed by atoms with Gasteiger partial charge in [-0.1, -0.05) is 35.9 Å². The van der Waals surface area contributed by atoms with Crippen molar-refractivity contribution in [2.24, 2.45) is 5.92 Å². The lowest BCUT2D eigenvalue weighted by Gasteiger charge is -2.29. The van der Waals surface area contributed by atoms with E-state index < -0.39 is 0 Å². The maximum absolute atomic E-state index is 12.3. The monoisotopic (exact) mass is 342 g/mol. The lowest BCUT2D eigenvalue weighted by molar-refractivity contribution is 0.0922. The van der Waals surface area contributed by atoms with Crippen molar-refractivity contribution >= 4 is 23.2 Å². The number of rotatable bonds is 5. The second-order valence-electron chi connectivity index (χ2n) is 6.45. The molecule has 4 heteroatoms. The molecule has 0 unspecified atom stereocenters. The molecule has 1 aliphatic rings. The number of hydrogen-bond donors (Lipinski definition) is 2. The van der Waals surface area contributed by atoms with Gasteiger partial charge in [-0.3, -0.25) is 4.79 Å². The Morgan fingerprint density at radius 3 is 2.46 bits per heavy atom. The van der Waals surface area contributed by atoms with Crippen LogP contribution in [0.15, 0.2) is 54.6 Å². The zero-order valence-corrected chi connectivity index (χ0v) is 14.4. The topological polar surface area (TPSA) is 41.1 Å². The van der Waals surface area contributed by atoms with E-state index in [4.69, 9.17) is 11.6 Å². The van der Waals surface area contributed by atoms with Crippen LogP contribution in [0.25, 0.3) is 0 Å². The van der Waals surface area contributed by atoms with Gasteiger partial charge in [-0.05, 0) is 61.9 Å². The fourth-order valence-electron chi connectivity index (χ4n) is 3.23. The maximum Gasteiger partial charge on any atom is 0.251 e. The van der Waals surface area contributed by atoms with Crippen molar-refractivity contribution in [1.82, 2.24) is 5.32 Å². The van der Waals surface area contributed by atoms with Crippen LogP contribution >= 0.6 is 11.6 Å². The fourth-order valence-corrected chi connectivity index (χ4v) is 3.42. The summed E-state index contributed by atoms with van der Waals surface area (Å²) in [6, 6.07) is 17.7. The highest BCUT2D eigenvalue weighted by molar-refractivity contribution is 6.30. The quantitative estimate of drug-likeness (QED) is 0.824. The molecule has 0 spiro atoms. The van der Waals surface area contributed by atoms with Crippen molar-refractivity contribution in [2.45, 2.75) is 31.7 Å².